The summed E-state index contributed by atoms with van der Waals surface area (Å²) in [6.45, 7) is 8.93. The normalized spacial score (nSPS) is 11.1. The van der Waals surface area contributed by atoms with Crippen LogP contribution in [0, 0.1) is 0 Å². The monoisotopic (exact) mass is 497 g/mol. The van der Waals surface area contributed by atoms with Gasteiger partial charge in [-0.1, -0.05) is 87.3 Å². The highest BCUT2D eigenvalue weighted by molar-refractivity contribution is 6.42. The number of benzene rings is 3. The van der Waals surface area contributed by atoms with Crippen LogP contribution in [-0.4, -0.2) is 20.1 Å². The van der Waals surface area contributed by atoms with E-state index in [-0.39, 0.29) is 17.9 Å². The molecule has 3 rings (SSSR count). The minimum atomic E-state index is -0.220. The third-order valence-corrected chi connectivity index (χ3v) is 6.61. The van der Waals surface area contributed by atoms with E-state index in [0.29, 0.717) is 22.3 Å². The minimum Gasteiger partial charge on any atom is -0.377 e. The number of halogens is 2. The molecule has 0 atom stereocenters. The molecule has 1 N–H and O–H groups in total. The molecule has 0 aromatic heterocycles. The molecule has 0 aliphatic heterocycles. The predicted molar refractivity (Wildman–Crippen MR) is 147 cm³/mol. The van der Waals surface area contributed by atoms with E-state index < -0.39 is 0 Å². The van der Waals surface area contributed by atoms with E-state index in [1.54, 1.807) is 17.0 Å². The molecular weight excluding hydrogens is 465 g/mol. The van der Waals surface area contributed by atoms with Crippen molar-refractivity contribution in [1.29, 1.82) is 0 Å². The molecule has 0 spiro atoms. The summed E-state index contributed by atoms with van der Waals surface area (Å²) in [6.07, 6.45) is 0. The van der Waals surface area contributed by atoms with Crippen molar-refractivity contribution in [2.75, 3.05) is 29.2 Å². The lowest BCUT2D eigenvalue weighted by atomic mass is 9.93. The summed E-state index contributed by atoms with van der Waals surface area (Å²) >= 11 is 12.5. The molecule has 180 valence electrons. The first-order valence-electron chi connectivity index (χ1n) is 11.5. The molecule has 4 nitrogen and oxygen atoms in total. The summed E-state index contributed by atoms with van der Waals surface area (Å²) in [6, 6.07) is 19.3. The molecular formula is C28H33Cl2N3O. The number of nitrogens with one attached hydrogen (secondary N) is 1. The van der Waals surface area contributed by atoms with Crippen LogP contribution in [-0.2, 0) is 6.54 Å². The maximum absolute atomic E-state index is 13.9. The lowest BCUT2D eigenvalue weighted by Crippen LogP contribution is -2.35. The fraction of sp³-hybridized carbons (Fsp3) is 0.321. The van der Waals surface area contributed by atoms with Gasteiger partial charge in [0, 0.05) is 31.2 Å². The number of anilines is 3. The summed E-state index contributed by atoms with van der Waals surface area (Å²) in [4.78, 5) is 17.6. The maximum atomic E-state index is 13.9. The summed E-state index contributed by atoms with van der Waals surface area (Å²) in [5, 5.41) is 4.10. The van der Waals surface area contributed by atoms with Crippen LogP contribution in [0.5, 0.6) is 0 Å². The zero-order valence-corrected chi connectivity index (χ0v) is 22.2. The fourth-order valence-corrected chi connectivity index (χ4v) is 4.35. The number of hydrogen-bond acceptors (Lipinski definition) is 2. The molecule has 0 fully saturated rings. The number of para-hydroxylation sites is 2. The Bertz CT molecular complexity index is 1130. The van der Waals surface area contributed by atoms with Crippen molar-refractivity contribution in [3.63, 3.8) is 0 Å². The molecule has 0 saturated heterocycles. The molecule has 6 heteroatoms. The number of carbonyl (C=O) groups is 1. The van der Waals surface area contributed by atoms with Gasteiger partial charge in [0.15, 0.2) is 0 Å². The lowest BCUT2D eigenvalue weighted by Gasteiger charge is -2.28. The van der Waals surface area contributed by atoms with E-state index in [2.05, 4.69) is 51.2 Å². The van der Waals surface area contributed by atoms with E-state index in [1.807, 2.05) is 49.3 Å². The van der Waals surface area contributed by atoms with Gasteiger partial charge in [-0.05, 0) is 52.8 Å². The van der Waals surface area contributed by atoms with Crippen LogP contribution in [0.25, 0.3) is 0 Å². The lowest BCUT2D eigenvalue weighted by molar-refractivity contribution is 0.256. The van der Waals surface area contributed by atoms with Gasteiger partial charge in [0.1, 0.15) is 0 Å². The maximum Gasteiger partial charge on any atom is 0.326 e. The summed E-state index contributed by atoms with van der Waals surface area (Å²) in [7, 11) is 3.99. The minimum absolute atomic E-state index is 0.220. The number of nitrogens with zero attached hydrogens (tertiary/aromatic N) is 2. The van der Waals surface area contributed by atoms with Crippen LogP contribution in [0.15, 0.2) is 60.7 Å². The molecule has 0 radical (unpaired) electrons. The van der Waals surface area contributed by atoms with Crippen molar-refractivity contribution >= 4 is 46.3 Å². The van der Waals surface area contributed by atoms with Crippen molar-refractivity contribution in [3.8, 4) is 0 Å². The van der Waals surface area contributed by atoms with Gasteiger partial charge in [-0.3, -0.25) is 4.90 Å². The molecule has 0 unspecified atom stereocenters. The predicted octanol–water partition coefficient (Wildman–Crippen LogP) is 8.54. The van der Waals surface area contributed by atoms with E-state index in [9.17, 15) is 4.79 Å². The first-order chi connectivity index (χ1) is 16.1. The molecule has 3 aromatic rings. The Balaban J connectivity index is 2.08. The third kappa shape index (κ3) is 5.86. The second-order valence-electron chi connectivity index (χ2n) is 9.26. The fourth-order valence-electron chi connectivity index (χ4n) is 4.05. The zero-order valence-electron chi connectivity index (χ0n) is 20.7. The van der Waals surface area contributed by atoms with E-state index in [4.69, 9.17) is 23.2 Å². The van der Waals surface area contributed by atoms with Crippen LogP contribution >= 0.6 is 23.2 Å². The van der Waals surface area contributed by atoms with Gasteiger partial charge in [-0.25, -0.2) is 4.79 Å². The highest BCUT2D eigenvalue weighted by atomic mass is 35.5. The molecule has 34 heavy (non-hydrogen) atoms. The van der Waals surface area contributed by atoms with Gasteiger partial charge in [0.2, 0.25) is 0 Å². The summed E-state index contributed by atoms with van der Waals surface area (Å²) in [5.74, 6) is 0.531. The van der Waals surface area contributed by atoms with Gasteiger partial charge in [0.05, 0.1) is 16.6 Å². The quantitative estimate of drug-likeness (QED) is 0.354. The van der Waals surface area contributed by atoms with E-state index in [0.717, 1.165) is 28.1 Å². The molecule has 0 bridgehead atoms. The van der Waals surface area contributed by atoms with Crippen LogP contribution in [0.2, 0.25) is 10.0 Å². The molecule has 0 heterocycles. The summed E-state index contributed by atoms with van der Waals surface area (Å²) in [5.41, 5.74) is 5.85. The Morgan fingerprint density at radius 2 is 1.47 bits per heavy atom. The molecule has 3 aromatic carbocycles. The third-order valence-electron chi connectivity index (χ3n) is 5.87. The SMILES string of the molecule is CC(C)c1cccc(C(C)C)c1NC(=O)N(Cc1ccccc1N(C)C)c1ccc(Cl)c(Cl)c1. The molecule has 2 amide bonds. The molecule has 0 aliphatic carbocycles. The van der Waals surface area contributed by atoms with Crippen LogP contribution < -0.4 is 15.1 Å². The van der Waals surface area contributed by atoms with Gasteiger partial charge >= 0.3 is 6.03 Å². The van der Waals surface area contributed by atoms with Crippen molar-refractivity contribution in [2.45, 2.75) is 46.1 Å². The van der Waals surface area contributed by atoms with E-state index in [1.165, 1.54) is 0 Å². The average Bonchev–Trinajstić information content (AvgIpc) is 2.79. The highest BCUT2D eigenvalue weighted by Gasteiger charge is 2.23. The Morgan fingerprint density at radius 3 is 2.03 bits per heavy atom. The largest absolute Gasteiger partial charge is 0.377 e. The Labute approximate surface area is 213 Å². The van der Waals surface area contributed by atoms with Crippen molar-refractivity contribution < 1.29 is 4.79 Å². The standard InChI is InChI=1S/C28H33Cl2N3O/c1-18(2)22-11-9-12-23(19(3)4)27(22)31-28(34)33(21-14-15-24(29)25(30)16-21)17-20-10-7-8-13-26(20)32(5)6/h7-16,18-19H,17H2,1-6H3,(H,31,34). The van der Waals surface area contributed by atoms with Gasteiger partial charge in [-0.2, -0.15) is 0 Å². The first-order valence-corrected chi connectivity index (χ1v) is 12.3. The second-order valence-corrected chi connectivity index (χ2v) is 10.1. The van der Waals surface area contributed by atoms with Gasteiger partial charge in [-0.15, -0.1) is 0 Å². The topological polar surface area (TPSA) is 35.6 Å². The number of carbonyl (C=O) groups excluding carboxylic acids is 1. The zero-order chi connectivity index (χ0) is 25.0. The number of hydrogen-bond donors (Lipinski definition) is 1. The molecule has 0 aliphatic rings. The first kappa shape index (κ1) is 25.9. The molecule has 0 saturated carbocycles. The number of amides is 2. The number of urea groups is 1. The Kier molecular flexibility index (Phi) is 8.51. The van der Waals surface area contributed by atoms with Crippen molar-refractivity contribution in [1.82, 2.24) is 0 Å². The summed E-state index contributed by atoms with van der Waals surface area (Å²) < 4.78 is 0. The van der Waals surface area contributed by atoms with Crippen LogP contribution in [0.1, 0.15) is 56.2 Å². The highest BCUT2D eigenvalue weighted by Crippen LogP contribution is 2.34. The second kappa shape index (κ2) is 11.2. The average molecular weight is 498 g/mol. The van der Waals surface area contributed by atoms with Crippen LogP contribution in [0.4, 0.5) is 21.9 Å². The smallest absolute Gasteiger partial charge is 0.326 e. The van der Waals surface area contributed by atoms with E-state index >= 15 is 0 Å². The van der Waals surface area contributed by atoms with Gasteiger partial charge in [0.25, 0.3) is 0 Å². The van der Waals surface area contributed by atoms with Crippen molar-refractivity contribution in [3.05, 3.63) is 87.4 Å². The Morgan fingerprint density at radius 1 is 0.853 bits per heavy atom. The Hall–Kier alpha value is -2.69. The van der Waals surface area contributed by atoms with Crippen molar-refractivity contribution in [2.24, 2.45) is 0 Å². The van der Waals surface area contributed by atoms with Crippen LogP contribution in [0.3, 0.4) is 0 Å². The number of rotatable bonds is 7. The van der Waals surface area contributed by atoms with Gasteiger partial charge < -0.3 is 10.2 Å².